The zero-order chi connectivity index (χ0) is 24.1. The molecule has 1 aromatic heterocycles. The molecular weight excluding hydrogens is 441 g/mol. The number of furan rings is 1. The Kier molecular flexibility index (Phi) is 7.24. The highest BCUT2D eigenvalue weighted by atomic mass is 19.4. The third-order valence-electron chi connectivity index (χ3n) is 5.70. The monoisotopic (exact) mass is 468 g/mol. The molecule has 0 saturated carbocycles. The molecule has 4 nitrogen and oxygen atoms in total. The quantitative estimate of drug-likeness (QED) is 0.300. The van der Waals surface area contributed by atoms with Crippen molar-refractivity contribution in [1.29, 1.82) is 0 Å². The van der Waals surface area contributed by atoms with Crippen LogP contribution in [0.4, 0.5) is 13.2 Å². The van der Waals surface area contributed by atoms with Crippen molar-refractivity contribution in [3.63, 3.8) is 0 Å². The Balaban J connectivity index is 1.70. The summed E-state index contributed by atoms with van der Waals surface area (Å²) in [6.07, 6.45) is -1.83. The lowest BCUT2D eigenvalue weighted by Gasteiger charge is -2.12. The summed E-state index contributed by atoms with van der Waals surface area (Å²) in [5.41, 5.74) is 11.7. The van der Waals surface area contributed by atoms with E-state index in [1.807, 2.05) is 60.7 Å². The molecular formula is C27H27F3N2O2. The van der Waals surface area contributed by atoms with E-state index in [1.165, 1.54) is 0 Å². The fourth-order valence-corrected chi connectivity index (χ4v) is 3.98. The van der Waals surface area contributed by atoms with Gasteiger partial charge in [0.1, 0.15) is 17.9 Å². The lowest BCUT2D eigenvalue weighted by molar-refractivity contribution is -0.125. The van der Waals surface area contributed by atoms with Gasteiger partial charge < -0.3 is 20.2 Å². The van der Waals surface area contributed by atoms with Crippen molar-refractivity contribution in [3.05, 3.63) is 89.2 Å². The molecule has 0 aliphatic rings. The van der Waals surface area contributed by atoms with Gasteiger partial charge in [-0.3, -0.25) is 0 Å². The first-order valence-corrected chi connectivity index (χ1v) is 11.2. The van der Waals surface area contributed by atoms with Gasteiger partial charge in [0.15, 0.2) is 0 Å². The number of nitrogens with one attached hydrogen (secondary N) is 1. The fraction of sp³-hybridized carbons (Fsp3) is 0.259. The minimum Gasteiger partial charge on any atom is -0.488 e. The van der Waals surface area contributed by atoms with Crippen molar-refractivity contribution >= 4 is 11.0 Å². The van der Waals surface area contributed by atoms with E-state index in [9.17, 15) is 13.2 Å². The van der Waals surface area contributed by atoms with Gasteiger partial charge >= 0.3 is 6.18 Å². The van der Waals surface area contributed by atoms with Crippen molar-refractivity contribution < 1.29 is 22.3 Å². The molecule has 0 amide bonds. The molecule has 1 heterocycles. The maximum atomic E-state index is 12.7. The Hall–Kier alpha value is -3.29. The molecule has 0 saturated heterocycles. The first-order chi connectivity index (χ1) is 16.4. The van der Waals surface area contributed by atoms with Crippen LogP contribution in [0.3, 0.4) is 0 Å². The highest BCUT2D eigenvalue weighted by Gasteiger charge is 2.26. The molecule has 0 radical (unpaired) electrons. The molecule has 34 heavy (non-hydrogen) atoms. The van der Waals surface area contributed by atoms with Crippen LogP contribution in [0, 0.1) is 0 Å². The van der Waals surface area contributed by atoms with Crippen LogP contribution < -0.4 is 15.8 Å². The SMILES string of the molecule is CCc1ccccc1OCc1coc2c(CNCC(F)(F)F)cc(-c3cccc(CN)c3)cc12. The van der Waals surface area contributed by atoms with Crippen LogP contribution in [0.1, 0.15) is 29.2 Å². The second kappa shape index (κ2) is 10.3. The predicted octanol–water partition coefficient (Wildman–Crippen LogP) is 6.35. The maximum Gasteiger partial charge on any atom is 0.401 e. The van der Waals surface area contributed by atoms with Crippen molar-refractivity contribution in [3.8, 4) is 16.9 Å². The van der Waals surface area contributed by atoms with Crippen LogP contribution in [0.5, 0.6) is 5.75 Å². The minimum absolute atomic E-state index is 0.0207. The molecule has 0 spiro atoms. The van der Waals surface area contributed by atoms with Gasteiger partial charge in [0.2, 0.25) is 0 Å². The smallest absolute Gasteiger partial charge is 0.401 e. The summed E-state index contributed by atoms with van der Waals surface area (Å²) < 4.78 is 50.0. The van der Waals surface area contributed by atoms with Crippen LogP contribution >= 0.6 is 0 Å². The van der Waals surface area contributed by atoms with Crippen LogP contribution in [-0.4, -0.2) is 12.7 Å². The molecule has 0 atom stereocenters. The van der Waals surface area contributed by atoms with E-state index in [0.717, 1.165) is 45.4 Å². The molecule has 178 valence electrons. The van der Waals surface area contributed by atoms with Crippen molar-refractivity contribution in [2.45, 2.75) is 39.2 Å². The number of benzene rings is 3. The summed E-state index contributed by atoms with van der Waals surface area (Å²) in [6.45, 7) is 1.69. The number of nitrogens with two attached hydrogens (primary N) is 1. The average Bonchev–Trinajstić information content (AvgIpc) is 3.25. The number of halogens is 3. The number of alkyl halides is 3. The number of aryl methyl sites for hydroxylation is 1. The second-order valence-electron chi connectivity index (χ2n) is 8.15. The summed E-state index contributed by atoms with van der Waals surface area (Å²) in [5.74, 6) is 0.804. The molecule has 0 bridgehead atoms. The molecule has 4 rings (SSSR count). The first-order valence-electron chi connectivity index (χ1n) is 11.2. The van der Waals surface area contributed by atoms with E-state index in [1.54, 1.807) is 6.26 Å². The molecule has 4 aromatic rings. The van der Waals surface area contributed by atoms with Gasteiger partial charge in [0, 0.05) is 29.6 Å². The average molecular weight is 469 g/mol. The highest BCUT2D eigenvalue weighted by molar-refractivity contribution is 5.89. The van der Waals surface area contributed by atoms with Gasteiger partial charge in [-0.2, -0.15) is 13.2 Å². The number of hydrogen-bond donors (Lipinski definition) is 2. The summed E-state index contributed by atoms with van der Waals surface area (Å²) >= 11 is 0. The summed E-state index contributed by atoms with van der Waals surface area (Å²) in [5, 5.41) is 3.29. The molecule has 3 N–H and O–H groups in total. The topological polar surface area (TPSA) is 60.4 Å². The Labute approximate surface area is 196 Å². The Morgan fingerprint density at radius 3 is 2.53 bits per heavy atom. The van der Waals surface area contributed by atoms with Gasteiger partial charge in [-0.15, -0.1) is 0 Å². The number of ether oxygens (including phenoxy) is 1. The van der Waals surface area contributed by atoms with Crippen molar-refractivity contribution in [2.24, 2.45) is 5.73 Å². The van der Waals surface area contributed by atoms with E-state index in [0.29, 0.717) is 17.7 Å². The summed E-state index contributed by atoms with van der Waals surface area (Å²) in [7, 11) is 0. The number of para-hydroxylation sites is 1. The van der Waals surface area contributed by atoms with E-state index in [-0.39, 0.29) is 13.2 Å². The Morgan fingerprint density at radius 2 is 1.76 bits per heavy atom. The van der Waals surface area contributed by atoms with Crippen molar-refractivity contribution in [1.82, 2.24) is 5.32 Å². The third kappa shape index (κ3) is 5.61. The van der Waals surface area contributed by atoms with E-state index in [2.05, 4.69) is 12.2 Å². The van der Waals surface area contributed by atoms with E-state index in [4.69, 9.17) is 14.9 Å². The molecule has 7 heteroatoms. The lowest BCUT2D eigenvalue weighted by atomic mass is 9.98. The van der Waals surface area contributed by atoms with Gasteiger partial charge in [0.25, 0.3) is 0 Å². The predicted molar refractivity (Wildman–Crippen MR) is 127 cm³/mol. The second-order valence-corrected chi connectivity index (χ2v) is 8.15. The van der Waals surface area contributed by atoms with E-state index < -0.39 is 12.7 Å². The molecule has 0 unspecified atom stereocenters. The summed E-state index contributed by atoms with van der Waals surface area (Å²) in [4.78, 5) is 0. The highest BCUT2D eigenvalue weighted by Crippen LogP contribution is 2.33. The Bertz CT molecular complexity index is 1260. The largest absolute Gasteiger partial charge is 0.488 e. The van der Waals surface area contributed by atoms with Gasteiger partial charge in [-0.1, -0.05) is 43.3 Å². The zero-order valence-corrected chi connectivity index (χ0v) is 18.9. The lowest BCUT2D eigenvalue weighted by Crippen LogP contribution is -2.28. The minimum atomic E-state index is -4.29. The van der Waals surface area contributed by atoms with Crippen molar-refractivity contribution in [2.75, 3.05) is 6.54 Å². The van der Waals surface area contributed by atoms with Gasteiger partial charge in [0.05, 0.1) is 12.8 Å². The zero-order valence-electron chi connectivity index (χ0n) is 18.9. The first kappa shape index (κ1) is 23.9. The maximum absolute atomic E-state index is 12.7. The molecule has 3 aromatic carbocycles. The molecule has 0 aliphatic carbocycles. The number of rotatable bonds is 9. The standard InChI is InChI=1S/C27H27F3N2O2/c1-2-19-7-3-4-9-25(19)33-15-23-16-34-26-22(14-32-17-27(28,29)30)11-21(12-24(23)26)20-8-5-6-18(10-20)13-31/h3-12,16,32H,2,13-15,17,31H2,1H3. The van der Waals surface area contributed by atoms with Crippen LogP contribution in [0.15, 0.2) is 71.3 Å². The summed E-state index contributed by atoms with van der Waals surface area (Å²) in [6, 6.07) is 19.5. The molecule has 0 aliphatic heterocycles. The van der Waals surface area contributed by atoms with Crippen LogP contribution in [0.25, 0.3) is 22.1 Å². The van der Waals surface area contributed by atoms with Gasteiger partial charge in [-0.05, 0) is 52.9 Å². The third-order valence-corrected chi connectivity index (χ3v) is 5.70. The molecule has 0 fully saturated rings. The fourth-order valence-electron chi connectivity index (χ4n) is 3.98. The van der Waals surface area contributed by atoms with Crippen LogP contribution in [-0.2, 0) is 26.1 Å². The van der Waals surface area contributed by atoms with Gasteiger partial charge in [-0.25, -0.2) is 0 Å². The van der Waals surface area contributed by atoms with E-state index >= 15 is 0 Å². The Morgan fingerprint density at radius 1 is 0.941 bits per heavy atom. The van der Waals surface area contributed by atoms with Crippen LogP contribution in [0.2, 0.25) is 0 Å². The number of fused-ring (bicyclic) bond motifs is 1. The normalized spacial score (nSPS) is 11.8. The number of hydrogen-bond acceptors (Lipinski definition) is 4.